The summed E-state index contributed by atoms with van der Waals surface area (Å²) in [6.07, 6.45) is 0.120. The lowest BCUT2D eigenvalue weighted by molar-refractivity contribution is -0.120. The summed E-state index contributed by atoms with van der Waals surface area (Å²) in [4.78, 5) is 23.9. The number of hydrogen-bond acceptors (Lipinski definition) is 4. The van der Waals surface area contributed by atoms with Gasteiger partial charge < -0.3 is 21.1 Å². The van der Waals surface area contributed by atoms with Crippen molar-refractivity contribution in [2.24, 2.45) is 0 Å². The van der Waals surface area contributed by atoms with Gasteiger partial charge in [-0.25, -0.2) is 0 Å². The van der Waals surface area contributed by atoms with E-state index in [1.807, 2.05) is 31.2 Å². The maximum atomic E-state index is 12.4. The third-order valence-electron chi connectivity index (χ3n) is 3.76. The number of nitrogens with one attached hydrogen (secondary N) is 2. The predicted octanol–water partition coefficient (Wildman–Crippen LogP) is 2.79. The van der Waals surface area contributed by atoms with Gasteiger partial charge in [-0.3, -0.25) is 9.59 Å². The minimum absolute atomic E-state index is 0.120. The second kappa shape index (κ2) is 8.19. The predicted molar refractivity (Wildman–Crippen MR) is 98.4 cm³/mol. The number of carbonyl (C=O) groups excluding carboxylic acids is 2. The summed E-state index contributed by atoms with van der Waals surface area (Å²) >= 11 is 0. The van der Waals surface area contributed by atoms with Crippen molar-refractivity contribution in [2.45, 2.75) is 26.3 Å². The molecule has 0 bridgehead atoms. The standard InChI is InChI=1S/C19H23N3O3/c1-12-4-6-14(7-5-12)17(21-13(2)23)11-19(24)22-15-8-9-18(25-3)16(20)10-15/h4-10,17H,11,20H2,1-3H3,(H,21,23)(H,22,24). The van der Waals surface area contributed by atoms with Crippen molar-refractivity contribution in [3.63, 3.8) is 0 Å². The van der Waals surface area contributed by atoms with Crippen molar-refractivity contribution in [3.05, 3.63) is 53.6 Å². The van der Waals surface area contributed by atoms with Crippen LogP contribution in [0.15, 0.2) is 42.5 Å². The fraction of sp³-hybridized carbons (Fsp3) is 0.263. The quantitative estimate of drug-likeness (QED) is 0.704. The van der Waals surface area contributed by atoms with Gasteiger partial charge in [-0.2, -0.15) is 0 Å². The fourth-order valence-corrected chi connectivity index (χ4v) is 2.51. The minimum Gasteiger partial charge on any atom is -0.495 e. The van der Waals surface area contributed by atoms with Gasteiger partial charge in [0.05, 0.1) is 25.3 Å². The highest BCUT2D eigenvalue weighted by molar-refractivity contribution is 5.92. The van der Waals surface area contributed by atoms with E-state index in [2.05, 4.69) is 10.6 Å². The van der Waals surface area contributed by atoms with E-state index < -0.39 is 6.04 Å². The number of rotatable bonds is 6. The van der Waals surface area contributed by atoms with Crippen LogP contribution >= 0.6 is 0 Å². The molecule has 2 rings (SSSR count). The molecule has 0 saturated heterocycles. The molecule has 0 heterocycles. The number of benzene rings is 2. The Bertz CT molecular complexity index is 757. The third kappa shape index (κ3) is 5.24. The van der Waals surface area contributed by atoms with Crippen LogP contribution in [0.25, 0.3) is 0 Å². The molecule has 4 N–H and O–H groups in total. The van der Waals surface area contributed by atoms with Gasteiger partial charge in [0, 0.05) is 12.6 Å². The van der Waals surface area contributed by atoms with E-state index in [0.717, 1.165) is 11.1 Å². The summed E-state index contributed by atoms with van der Waals surface area (Å²) in [7, 11) is 1.53. The Morgan fingerprint density at radius 1 is 1.16 bits per heavy atom. The Labute approximate surface area is 147 Å². The van der Waals surface area contributed by atoms with Crippen LogP contribution in [0.5, 0.6) is 5.75 Å². The van der Waals surface area contributed by atoms with Crippen molar-refractivity contribution in [1.29, 1.82) is 0 Å². The molecule has 0 saturated carbocycles. The molecule has 0 fully saturated rings. The molecule has 2 aromatic rings. The molecule has 6 nitrogen and oxygen atoms in total. The first-order valence-corrected chi connectivity index (χ1v) is 7.96. The monoisotopic (exact) mass is 341 g/mol. The number of carbonyl (C=O) groups is 2. The first kappa shape index (κ1) is 18.3. The number of anilines is 2. The van der Waals surface area contributed by atoms with Crippen LogP contribution in [0.1, 0.15) is 30.5 Å². The zero-order valence-electron chi connectivity index (χ0n) is 14.6. The van der Waals surface area contributed by atoms with E-state index in [1.165, 1.54) is 14.0 Å². The smallest absolute Gasteiger partial charge is 0.226 e. The lowest BCUT2D eigenvalue weighted by Gasteiger charge is -2.18. The molecule has 1 atom stereocenters. The zero-order chi connectivity index (χ0) is 18.4. The highest BCUT2D eigenvalue weighted by Gasteiger charge is 2.17. The average molecular weight is 341 g/mol. The van der Waals surface area contributed by atoms with E-state index in [4.69, 9.17) is 10.5 Å². The van der Waals surface area contributed by atoms with Gasteiger partial charge >= 0.3 is 0 Å². The van der Waals surface area contributed by atoms with Crippen LogP contribution in [0.4, 0.5) is 11.4 Å². The van der Waals surface area contributed by atoms with Crippen molar-refractivity contribution in [1.82, 2.24) is 5.32 Å². The Morgan fingerprint density at radius 3 is 2.40 bits per heavy atom. The number of nitrogen functional groups attached to an aromatic ring is 1. The molecule has 2 amide bonds. The minimum atomic E-state index is -0.395. The molecule has 0 aliphatic heterocycles. The van der Waals surface area contributed by atoms with Crippen LogP contribution in [-0.2, 0) is 9.59 Å². The van der Waals surface area contributed by atoms with E-state index >= 15 is 0 Å². The zero-order valence-corrected chi connectivity index (χ0v) is 14.6. The maximum Gasteiger partial charge on any atom is 0.226 e. The van der Waals surface area contributed by atoms with E-state index in [0.29, 0.717) is 17.1 Å². The summed E-state index contributed by atoms with van der Waals surface area (Å²) in [5.74, 6) is 0.143. The topological polar surface area (TPSA) is 93.5 Å². The molecule has 2 aromatic carbocycles. The number of amides is 2. The molecule has 6 heteroatoms. The summed E-state index contributed by atoms with van der Waals surface area (Å²) in [6.45, 7) is 3.42. The Hall–Kier alpha value is -3.02. The highest BCUT2D eigenvalue weighted by atomic mass is 16.5. The average Bonchev–Trinajstić information content (AvgIpc) is 2.54. The van der Waals surface area contributed by atoms with Crippen LogP contribution in [-0.4, -0.2) is 18.9 Å². The fourth-order valence-electron chi connectivity index (χ4n) is 2.51. The lowest BCUT2D eigenvalue weighted by Crippen LogP contribution is -2.29. The normalized spacial score (nSPS) is 11.5. The molecule has 0 spiro atoms. The number of nitrogens with two attached hydrogens (primary N) is 1. The number of methoxy groups -OCH3 is 1. The van der Waals surface area contributed by atoms with Crippen LogP contribution < -0.4 is 21.1 Å². The van der Waals surface area contributed by atoms with Gasteiger partial charge in [0.1, 0.15) is 5.75 Å². The molecule has 0 aromatic heterocycles. The Balaban J connectivity index is 2.09. The van der Waals surface area contributed by atoms with Gasteiger partial charge in [-0.1, -0.05) is 29.8 Å². The molecule has 0 aliphatic carbocycles. The second-order valence-corrected chi connectivity index (χ2v) is 5.87. The molecule has 25 heavy (non-hydrogen) atoms. The molecular formula is C19H23N3O3. The van der Waals surface area contributed by atoms with Crippen molar-refractivity contribution < 1.29 is 14.3 Å². The number of hydrogen-bond donors (Lipinski definition) is 3. The van der Waals surface area contributed by atoms with E-state index in [1.54, 1.807) is 18.2 Å². The SMILES string of the molecule is COc1ccc(NC(=O)CC(NC(C)=O)c2ccc(C)cc2)cc1N. The Morgan fingerprint density at radius 2 is 1.84 bits per heavy atom. The summed E-state index contributed by atoms with van der Waals surface area (Å²) in [5.41, 5.74) is 8.86. The first-order valence-electron chi connectivity index (χ1n) is 7.96. The summed E-state index contributed by atoms with van der Waals surface area (Å²) < 4.78 is 5.10. The lowest BCUT2D eigenvalue weighted by atomic mass is 10.0. The first-order chi connectivity index (χ1) is 11.9. The van der Waals surface area contributed by atoms with E-state index in [-0.39, 0.29) is 18.2 Å². The van der Waals surface area contributed by atoms with Crippen LogP contribution in [0, 0.1) is 6.92 Å². The second-order valence-electron chi connectivity index (χ2n) is 5.87. The molecule has 132 valence electrons. The van der Waals surface area contributed by atoms with Gasteiger partial charge in [0.25, 0.3) is 0 Å². The third-order valence-corrected chi connectivity index (χ3v) is 3.76. The van der Waals surface area contributed by atoms with Crippen molar-refractivity contribution in [2.75, 3.05) is 18.2 Å². The van der Waals surface area contributed by atoms with Gasteiger partial charge in [-0.05, 0) is 30.7 Å². The number of ether oxygens (including phenoxy) is 1. The van der Waals surface area contributed by atoms with E-state index in [9.17, 15) is 9.59 Å². The molecular weight excluding hydrogens is 318 g/mol. The number of aryl methyl sites for hydroxylation is 1. The van der Waals surface area contributed by atoms with Gasteiger partial charge in [0.2, 0.25) is 11.8 Å². The summed E-state index contributed by atoms with van der Waals surface area (Å²) in [5, 5.41) is 5.61. The maximum absolute atomic E-state index is 12.4. The molecule has 0 aliphatic rings. The van der Waals surface area contributed by atoms with Crippen molar-refractivity contribution >= 4 is 23.2 Å². The van der Waals surface area contributed by atoms with Crippen LogP contribution in [0.2, 0.25) is 0 Å². The van der Waals surface area contributed by atoms with Crippen molar-refractivity contribution in [3.8, 4) is 5.75 Å². The largest absolute Gasteiger partial charge is 0.495 e. The molecule has 1 unspecified atom stereocenters. The molecule has 0 radical (unpaired) electrons. The van der Waals surface area contributed by atoms with Crippen LogP contribution in [0.3, 0.4) is 0 Å². The van der Waals surface area contributed by atoms with Gasteiger partial charge in [0.15, 0.2) is 0 Å². The van der Waals surface area contributed by atoms with Gasteiger partial charge in [-0.15, -0.1) is 0 Å². The Kier molecular flexibility index (Phi) is 6.00. The summed E-state index contributed by atoms with van der Waals surface area (Å²) in [6, 6.07) is 12.4. The highest BCUT2D eigenvalue weighted by Crippen LogP contribution is 2.25.